The van der Waals surface area contributed by atoms with Gasteiger partial charge in [0.25, 0.3) is 5.56 Å². The van der Waals surface area contributed by atoms with Crippen LogP contribution in [0.5, 0.6) is 5.88 Å². The lowest BCUT2D eigenvalue weighted by atomic mass is 9.97. The molecular formula is C37H31Cl2N7O5. The molecule has 0 saturated carbocycles. The molecule has 51 heavy (non-hydrogen) atoms. The van der Waals surface area contributed by atoms with Crippen LogP contribution in [0.1, 0.15) is 28.9 Å². The molecule has 0 bridgehead atoms. The van der Waals surface area contributed by atoms with Crippen molar-refractivity contribution in [3.05, 3.63) is 111 Å². The van der Waals surface area contributed by atoms with E-state index in [0.717, 1.165) is 28.7 Å². The molecule has 14 heteroatoms. The minimum atomic E-state index is -0.594. The normalized spacial score (nSPS) is 14.1. The summed E-state index contributed by atoms with van der Waals surface area (Å²) in [7, 11) is 2.84. The van der Waals surface area contributed by atoms with Crippen molar-refractivity contribution in [2.75, 3.05) is 20.8 Å². The van der Waals surface area contributed by atoms with E-state index in [0.29, 0.717) is 57.9 Å². The minimum Gasteiger partial charge on any atom is -0.481 e. The number of aromatic nitrogens is 5. The first-order valence-electron chi connectivity index (χ1n) is 16.0. The molecular weight excluding hydrogens is 693 g/mol. The van der Waals surface area contributed by atoms with Crippen molar-refractivity contribution in [1.29, 1.82) is 0 Å². The number of pyridine rings is 2. The number of hydrogen-bond donors (Lipinski definition) is 3. The summed E-state index contributed by atoms with van der Waals surface area (Å²) in [6, 6.07) is 18.9. The Morgan fingerprint density at radius 3 is 2.41 bits per heavy atom. The van der Waals surface area contributed by atoms with Crippen LogP contribution in [0, 0.1) is 0 Å². The van der Waals surface area contributed by atoms with Gasteiger partial charge in [-0.25, -0.2) is 19.7 Å². The first-order chi connectivity index (χ1) is 24.7. The van der Waals surface area contributed by atoms with Gasteiger partial charge in [0.05, 0.1) is 36.2 Å². The fourth-order valence-corrected chi connectivity index (χ4v) is 6.78. The van der Waals surface area contributed by atoms with E-state index in [1.165, 1.54) is 23.9 Å². The van der Waals surface area contributed by atoms with E-state index in [1.54, 1.807) is 25.4 Å². The smallest absolute Gasteiger partial charge is 0.356 e. The van der Waals surface area contributed by atoms with E-state index in [1.807, 2.05) is 48.5 Å². The molecule has 1 fully saturated rings. The fourth-order valence-electron chi connectivity index (χ4n) is 6.12. The van der Waals surface area contributed by atoms with E-state index in [-0.39, 0.29) is 34.6 Å². The summed E-state index contributed by atoms with van der Waals surface area (Å²) in [5.41, 5.74) is 5.47. The van der Waals surface area contributed by atoms with Crippen LogP contribution in [0.25, 0.3) is 50.5 Å². The summed E-state index contributed by atoms with van der Waals surface area (Å²) < 4.78 is 11.7. The number of aromatic amines is 1. The summed E-state index contributed by atoms with van der Waals surface area (Å²) in [6.07, 6.45) is 5.71. The number of benzene rings is 2. The molecule has 7 rings (SSSR count). The molecule has 258 valence electrons. The number of H-pyrrole nitrogens is 1. The van der Waals surface area contributed by atoms with Crippen molar-refractivity contribution in [3.63, 3.8) is 0 Å². The molecule has 6 aromatic rings. The van der Waals surface area contributed by atoms with Crippen molar-refractivity contribution >= 4 is 40.7 Å². The van der Waals surface area contributed by atoms with Crippen LogP contribution in [0.4, 0.5) is 0 Å². The molecule has 1 atom stereocenters. The van der Waals surface area contributed by atoms with Gasteiger partial charge < -0.3 is 25.1 Å². The van der Waals surface area contributed by atoms with Crippen LogP contribution >= 0.6 is 23.2 Å². The topological polar surface area (TPSA) is 153 Å². The van der Waals surface area contributed by atoms with Crippen LogP contribution in [0.2, 0.25) is 10.0 Å². The Labute approximate surface area is 301 Å². The fraction of sp³-hybridized carbons (Fsp3) is 0.189. The van der Waals surface area contributed by atoms with Crippen molar-refractivity contribution in [1.82, 2.24) is 35.0 Å². The lowest BCUT2D eigenvalue weighted by molar-refractivity contribution is -0.119. The summed E-state index contributed by atoms with van der Waals surface area (Å²) >= 11 is 14.2. The molecule has 0 spiro atoms. The van der Waals surface area contributed by atoms with E-state index in [9.17, 15) is 14.4 Å². The molecule has 0 radical (unpaired) electrons. The summed E-state index contributed by atoms with van der Waals surface area (Å²) in [5.74, 6) is 0.169. The van der Waals surface area contributed by atoms with E-state index >= 15 is 0 Å². The number of halogens is 2. The van der Waals surface area contributed by atoms with Gasteiger partial charge >= 0.3 is 5.97 Å². The van der Waals surface area contributed by atoms with Crippen molar-refractivity contribution in [2.24, 2.45) is 0 Å². The van der Waals surface area contributed by atoms with Crippen molar-refractivity contribution < 1.29 is 19.1 Å². The van der Waals surface area contributed by atoms with Gasteiger partial charge in [0.1, 0.15) is 22.7 Å². The highest BCUT2D eigenvalue weighted by molar-refractivity contribution is 6.39. The molecule has 0 aliphatic carbocycles. The third-order valence-corrected chi connectivity index (χ3v) is 9.56. The molecule has 0 unspecified atom stereocenters. The van der Waals surface area contributed by atoms with Crippen LogP contribution < -0.4 is 20.9 Å². The second-order valence-corrected chi connectivity index (χ2v) is 12.6. The molecule has 1 amide bonds. The number of hydrogen-bond acceptors (Lipinski definition) is 9. The molecule has 1 aliphatic heterocycles. The first kappa shape index (κ1) is 33.9. The van der Waals surface area contributed by atoms with Gasteiger partial charge in [-0.1, -0.05) is 65.7 Å². The van der Waals surface area contributed by atoms with Gasteiger partial charge in [-0.2, -0.15) is 0 Å². The number of carbonyl (C=O) groups is 2. The van der Waals surface area contributed by atoms with Crippen LogP contribution in [0.3, 0.4) is 0 Å². The second kappa shape index (κ2) is 14.4. The van der Waals surface area contributed by atoms with Gasteiger partial charge in [-0.3, -0.25) is 14.0 Å². The number of rotatable bonds is 10. The largest absolute Gasteiger partial charge is 0.481 e. The average Bonchev–Trinajstić information content (AvgIpc) is 3.81. The lowest BCUT2D eigenvalue weighted by Gasteiger charge is -2.16. The molecule has 1 aliphatic rings. The van der Waals surface area contributed by atoms with E-state index < -0.39 is 5.97 Å². The molecule has 5 heterocycles. The van der Waals surface area contributed by atoms with Gasteiger partial charge in [0, 0.05) is 65.8 Å². The predicted molar refractivity (Wildman–Crippen MR) is 194 cm³/mol. The highest BCUT2D eigenvalue weighted by Gasteiger charge is 2.21. The highest BCUT2D eigenvalue weighted by Crippen LogP contribution is 2.42. The maximum atomic E-state index is 13.4. The van der Waals surface area contributed by atoms with Crippen molar-refractivity contribution in [3.8, 4) is 50.8 Å². The maximum Gasteiger partial charge on any atom is 0.356 e. The third-order valence-electron chi connectivity index (χ3n) is 8.74. The maximum absolute atomic E-state index is 13.4. The number of nitrogens with one attached hydrogen (secondary N) is 3. The molecule has 4 aromatic heterocycles. The Balaban J connectivity index is 1.16. The number of carbonyl (C=O) groups excluding carboxylic acids is 2. The third kappa shape index (κ3) is 6.68. The van der Waals surface area contributed by atoms with Gasteiger partial charge in [-0.05, 0) is 30.2 Å². The monoisotopic (exact) mass is 723 g/mol. The first-order valence-corrected chi connectivity index (χ1v) is 16.8. The molecule has 3 N–H and O–H groups in total. The number of amides is 1. The Morgan fingerprint density at radius 1 is 0.941 bits per heavy atom. The predicted octanol–water partition coefficient (Wildman–Crippen LogP) is 5.95. The standard InChI is InChI=1S/C37H31Cl2N7O5/c1-50-35-21(16-40-17-22-10-12-31(47)43-22)9-11-28(45-35)26-8-4-7-25(33(26)39)24-6-3-5-23(32(24)38)20-13-14-46-30(15-20)41-18-27(36(46)48)34-42-19-29(44-34)37(49)51-2/h3-9,11,13-15,18-19,22,40H,10,12,16-17H2,1-2H3,(H,42,44)(H,43,47)/t22-/m0/s1. The Bertz CT molecular complexity index is 2370. The van der Waals surface area contributed by atoms with Gasteiger partial charge in [0.15, 0.2) is 0 Å². The Hall–Kier alpha value is -5.56. The van der Waals surface area contributed by atoms with Gasteiger partial charge in [0.2, 0.25) is 11.8 Å². The highest BCUT2D eigenvalue weighted by atomic mass is 35.5. The zero-order valence-corrected chi connectivity index (χ0v) is 29.0. The molecule has 2 aromatic carbocycles. The minimum absolute atomic E-state index is 0.0848. The zero-order chi connectivity index (χ0) is 35.6. The number of fused-ring (bicyclic) bond motifs is 1. The number of imidazole rings is 1. The zero-order valence-electron chi connectivity index (χ0n) is 27.5. The average molecular weight is 725 g/mol. The number of ether oxygens (including phenoxy) is 2. The van der Waals surface area contributed by atoms with E-state index in [2.05, 4.69) is 25.6 Å². The summed E-state index contributed by atoms with van der Waals surface area (Å²) in [4.78, 5) is 52.9. The van der Waals surface area contributed by atoms with Crippen molar-refractivity contribution in [2.45, 2.75) is 25.4 Å². The second-order valence-electron chi connectivity index (χ2n) is 11.9. The quantitative estimate of drug-likeness (QED) is 0.146. The van der Waals surface area contributed by atoms with Crippen LogP contribution in [-0.2, 0) is 16.1 Å². The number of nitrogens with zero attached hydrogens (tertiary/aromatic N) is 4. The lowest BCUT2D eigenvalue weighted by Crippen LogP contribution is -2.35. The molecule has 1 saturated heterocycles. The summed E-state index contributed by atoms with van der Waals surface area (Å²) in [6.45, 7) is 1.19. The Kier molecular flexibility index (Phi) is 9.54. The number of esters is 1. The Morgan fingerprint density at radius 2 is 1.69 bits per heavy atom. The molecule has 12 nitrogen and oxygen atoms in total. The van der Waals surface area contributed by atoms with Crippen LogP contribution in [-0.4, -0.2) is 63.0 Å². The SMILES string of the molecule is COC(=O)c1cnc(-c2cnc3cc(-c4cccc(-c5cccc(-c6ccc(CNC[C@@H]7CCC(=O)N7)c(OC)n6)c5Cl)c4Cl)ccn3c2=O)[nH]1. The van der Waals surface area contributed by atoms with Gasteiger partial charge in [-0.15, -0.1) is 0 Å². The van der Waals surface area contributed by atoms with E-state index in [4.69, 9.17) is 37.7 Å². The van der Waals surface area contributed by atoms with Crippen LogP contribution in [0.15, 0.2) is 84.0 Å². The summed E-state index contributed by atoms with van der Waals surface area (Å²) in [5, 5.41) is 7.28. The number of methoxy groups -OCH3 is 2.